The summed E-state index contributed by atoms with van der Waals surface area (Å²) in [6.07, 6.45) is 0. The van der Waals surface area contributed by atoms with Crippen LogP contribution in [0.5, 0.6) is 0 Å². The zero-order valence-corrected chi connectivity index (χ0v) is 11.7. The number of ether oxygens (including phenoxy) is 1. The van der Waals surface area contributed by atoms with Gasteiger partial charge in [-0.2, -0.15) is 5.10 Å². The van der Waals surface area contributed by atoms with E-state index in [-0.39, 0.29) is 10.6 Å². The first-order chi connectivity index (χ1) is 9.95. The van der Waals surface area contributed by atoms with E-state index in [1.54, 1.807) is 13.0 Å². The smallest absolute Gasteiger partial charge is 0.341 e. The van der Waals surface area contributed by atoms with Gasteiger partial charge < -0.3 is 10.1 Å². The van der Waals surface area contributed by atoms with Crippen LogP contribution in [0.3, 0.4) is 0 Å². The lowest BCUT2D eigenvalue weighted by Crippen LogP contribution is -2.21. The van der Waals surface area contributed by atoms with E-state index in [0.29, 0.717) is 5.82 Å². The monoisotopic (exact) mass is 311 g/mol. The molecule has 0 aliphatic heterocycles. The van der Waals surface area contributed by atoms with Gasteiger partial charge in [0.25, 0.3) is 5.91 Å². The Morgan fingerprint density at radius 1 is 1.43 bits per heavy atom. The summed E-state index contributed by atoms with van der Waals surface area (Å²) < 4.78 is 18.1. The highest BCUT2D eigenvalue weighted by molar-refractivity contribution is 6.30. The molecule has 0 aliphatic carbocycles. The van der Waals surface area contributed by atoms with Crippen LogP contribution in [-0.4, -0.2) is 28.7 Å². The van der Waals surface area contributed by atoms with Crippen molar-refractivity contribution in [1.29, 1.82) is 0 Å². The highest BCUT2D eigenvalue weighted by Crippen LogP contribution is 2.15. The Morgan fingerprint density at radius 2 is 2.19 bits per heavy atom. The molecule has 110 valence electrons. The van der Waals surface area contributed by atoms with Crippen molar-refractivity contribution in [1.82, 2.24) is 10.2 Å². The number of aryl methyl sites for hydroxylation is 1. The third-order valence-corrected chi connectivity index (χ3v) is 2.69. The van der Waals surface area contributed by atoms with Crippen LogP contribution < -0.4 is 5.32 Å². The highest BCUT2D eigenvalue weighted by Gasteiger charge is 2.15. The number of benzene rings is 1. The van der Waals surface area contributed by atoms with Crippen molar-refractivity contribution in [2.24, 2.45) is 0 Å². The average Bonchev–Trinajstić information content (AvgIpc) is 2.84. The van der Waals surface area contributed by atoms with Crippen LogP contribution in [0.2, 0.25) is 5.02 Å². The number of nitrogens with zero attached hydrogens (tertiary/aromatic N) is 1. The van der Waals surface area contributed by atoms with E-state index in [1.807, 2.05) is 0 Å². The number of anilines is 1. The van der Waals surface area contributed by atoms with Crippen molar-refractivity contribution in [2.75, 3.05) is 11.9 Å². The average molecular weight is 312 g/mol. The topological polar surface area (TPSA) is 84.1 Å². The van der Waals surface area contributed by atoms with Crippen molar-refractivity contribution in [3.63, 3.8) is 0 Å². The normalized spacial score (nSPS) is 10.2. The van der Waals surface area contributed by atoms with E-state index < -0.39 is 24.3 Å². The van der Waals surface area contributed by atoms with Crippen LogP contribution in [0.1, 0.15) is 16.1 Å². The van der Waals surface area contributed by atoms with Crippen molar-refractivity contribution in [3.05, 3.63) is 46.4 Å². The number of hydrogen-bond acceptors (Lipinski definition) is 4. The van der Waals surface area contributed by atoms with Gasteiger partial charge in [0.2, 0.25) is 0 Å². The zero-order chi connectivity index (χ0) is 15.4. The number of halogens is 2. The van der Waals surface area contributed by atoms with Gasteiger partial charge in [0.1, 0.15) is 5.82 Å². The zero-order valence-electron chi connectivity index (χ0n) is 10.9. The first-order valence-corrected chi connectivity index (χ1v) is 6.27. The molecule has 2 N–H and O–H groups in total. The van der Waals surface area contributed by atoms with E-state index >= 15 is 0 Å². The largest absolute Gasteiger partial charge is 0.452 e. The molecule has 0 spiro atoms. The molecule has 0 bridgehead atoms. The Labute approximate surface area is 124 Å². The minimum Gasteiger partial charge on any atom is -0.452 e. The number of esters is 1. The molecule has 6 nitrogen and oxygen atoms in total. The molecule has 0 radical (unpaired) electrons. The second-order valence-electron chi connectivity index (χ2n) is 4.18. The third kappa shape index (κ3) is 4.03. The quantitative estimate of drug-likeness (QED) is 0.849. The Bertz CT molecular complexity index is 687. The molecule has 1 heterocycles. The van der Waals surface area contributed by atoms with Crippen LogP contribution in [0.25, 0.3) is 0 Å². The molecule has 1 aromatic carbocycles. The molecular weight excluding hydrogens is 301 g/mol. The van der Waals surface area contributed by atoms with Gasteiger partial charge in [-0.05, 0) is 25.1 Å². The number of hydrogen-bond donors (Lipinski definition) is 2. The standard InChI is InChI=1S/C13H11ClFN3O3/c1-7-4-11(18-17-7)16-12(19)6-21-13(20)9-5-8(14)2-3-10(9)15/h2-5H,6H2,1H3,(H2,16,17,18,19). The van der Waals surface area contributed by atoms with Crippen molar-refractivity contribution in [2.45, 2.75) is 6.92 Å². The fourth-order valence-electron chi connectivity index (χ4n) is 1.52. The maximum atomic E-state index is 13.4. The summed E-state index contributed by atoms with van der Waals surface area (Å²) in [5.41, 5.74) is 0.439. The number of H-pyrrole nitrogens is 1. The molecule has 2 aromatic rings. The second-order valence-corrected chi connectivity index (χ2v) is 4.62. The lowest BCUT2D eigenvalue weighted by molar-refractivity contribution is -0.119. The summed E-state index contributed by atoms with van der Waals surface area (Å²) in [4.78, 5) is 23.2. The number of aromatic amines is 1. The number of carbonyl (C=O) groups is 2. The van der Waals surface area contributed by atoms with Crippen LogP contribution in [0.4, 0.5) is 10.2 Å². The first kappa shape index (κ1) is 15.0. The predicted molar refractivity (Wildman–Crippen MR) is 73.6 cm³/mol. The van der Waals surface area contributed by atoms with E-state index in [4.69, 9.17) is 16.3 Å². The van der Waals surface area contributed by atoms with Gasteiger partial charge in [-0.25, -0.2) is 9.18 Å². The minimum absolute atomic E-state index is 0.194. The number of aromatic nitrogens is 2. The lowest BCUT2D eigenvalue weighted by Gasteiger charge is -2.05. The van der Waals surface area contributed by atoms with Gasteiger partial charge in [0.05, 0.1) is 5.56 Å². The van der Waals surface area contributed by atoms with Gasteiger partial charge in [-0.15, -0.1) is 0 Å². The molecule has 0 saturated heterocycles. The third-order valence-electron chi connectivity index (χ3n) is 2.46. The van der Waals surface area contributed by atoms with Gasteiger partial charge in [0.15, 0.2) is 12.4 Å². The molecule has 21 heavy (non-hydrogen) atoms. The van der Waals surface area contributed by atoms with E-state index in [0.717, 1.165) is 17.8 Å². The van der Waals surface area contributed by atoms with Gasteiger partial charge >= 0.3 is 5.97 Å². The number of rotatable bonds is 4. The predicted octanol–water partition coefficient (Wildman–Crippen LogP) is 2.31. The molecule has 0 aliphatic rings. The van der Waals surface area contributed by atoms with Crippen LogP contribution in [-0.2, 0) is 9.53 Å². The first-order valence-electron chi connectivity index (χ1n) is 5.90. The Hall–Kier alpha value is -2.41. The van der Waals surface area contributed by atoms with Crippen molar-refractivity contribution in [3.8, 4) is 0 Å². The second kappa shape index (κ2) is 6.36. The molecule has 0 saturated carbocycles. The molecule has 2 rings (SSSR count). The molecular formula is C13H11ClFN3O3. The van der Waals surface area contributed by atoms with Gasteiger partial charge in [-0.1, -0.05) is 11.6 Å². The minimum atomic E-state index is -0.969. The molecule has 0 unspecified atom stereocenters. The summed E-state index contributed by atoms with van der Waals surface area (Å²) in [7, 11) is 0. The fourth-order valence-corrected chi connectivity index (χ4v) is 1.70. The Kier molecular flexibility index (Phi) is 4.54. The molecule has 8 heteroatoms. The van der Waals surface area contributed by atoms with E-state index in [1.165, 1.54) is 6.07 Å². The Balaban J connectivity index is 1.91. The molecule has 1 aromatic heterocycles. The summed E-state index contributed by atoms with van der Waals surface area (Å²) in [5, 5.41) is 9.05. The maximum Gasteiger partial charge on any atom is 0.341 e. The van der Waals surface area contributed by atoms with Crippen LogP contribution >= 0.6 is 11.6 Å². The van der Waals surface area contributed by atoms with Crippen molar-refractivity contribution >= 4 is 29.3 Å². The van der Waals surface area contributed by atoms with E-state index in [9.17, 15) is 14.0 Å². The summed E-state index contributed by atoms with van der Waals surface area (Å²) in [6, 6.07) is 5.09. The molecule has 1 amide bonds. The van der Waals surface area contributed by atoms with Crippen LogP contribution in [0.15, 0.2) is 24.3 Å². The summed E-state index contributed by atoms with van der Waals surface area (Å²) in [5.74, 6) is -2.02. The molecule has 0 atom stereocenters. The van der Waals surface area contributed by atoms with Gasteiger partial charge in [-0.3, -0.25) is 9.89 Å². The fraction of sp³-hybridized carbons (Fsp3) is 0.154. The summed E-state index contributed by atoms with van der Waals surface area (Å²) >= 11 is 5.67. The van der Waals surface area contributed by atoms with Crippen LogP contribution in [0, 0.1) is 12.7 Å². The number of amides is 1. The number of carbonyl (C=O) groups excluding carboxylic acids is 2. The van der Waals surface area contributed by atoms with Gasteiger partial charge in [0, 0.05) is 16.8 Å². The SMILES string of the molecule is Cc1cc(NC(=O)COC(=O)c2cc(Cl)ccc2F)n[nH]1. The van der Waals surface area contributed by atoms with Crippen molar-refractivity contribution < 1.29 is 18.7 Å². The molecule has 0 fully saturated rings. The Morgan fingerprint density at radius 3 is 2.86 bits per heavy atom. The maximum absolute atomic E-state index is 13.4. The highest BCUT2D eigenvalue weighted by atomic mass is 35.5. The summed E-state index contributed by atoms with van der Waals surface area (Å²) in [6.45, 7) is 1.21. The van der Waals surface area contributed by atoms with E-state index in [2.05, 4.69) is 15.5 Å². The lowest BCUT2D eigenvalue weighted by atomic mass is 10.2. The number of nitrogens with one attached hydrogen (secondary N) is 2.